The molecule has 1 spiro atoms. The summed E-state index contributed by atoms with van der Waals surface area (Å²) in [5.74, 6) is -2.69. The van der Waals surface area contributed by atoms with Crippen molar-refractivity contribution < 1.29 is 35.4 Å². The van der Waals surface area contributed by atoms with E-state index in [0.717, 1.165) is 0 Å². The number of rotatable bonds is 1. The van der Waals surface area contributed by atoms with Crippen LogP contribution in [0, 0.1) is 22.7 Å². The smallest absolute Gasteiger partial charge is 0.178 e. The molecule has 6 rings (SSSR count). The van der Waals surface area contributed by atoms with Crippen LogP contribution in [0.1, 0.15) is 60.3 Å². The Labute approximate surface area is 159 Å². The van der Waals surface area contributed by atoms with E-state index in [9.17, 15) is 30.6 Å². The van der Waals surface area contributed by atoms with Crippen LogP contribution < -0.4 is 0 Å². The molecule has 4 aliphatic carbocycles. The summed E-state index contributed by atoms with van der Waals surface area (Å²) in [4.78, 5) is 0. The van der Waals surface area contributed by atoms with Gasteiger partial charge in [0.2, 0.25) is 0 Å². The fourth-order valence-corrected chi connectivity index (χ4v) is 8.64. The van der Waals surface area contributed by atoms with Crippen LogP contribution >= 0.6 is 0 Å². The van der Waals surface area contributed by atoms with Gasteiger partial charge in [-0.3, -0.25) is 0 Å². The zero-order valence-corrected chi connectivity index (χ0v) is 16.7. The summed E-state index contributed by atoms with van der Waals surface area (Å²) >= 11 is 0. The fourth-order valence-electron chi connectivity index (χ4n) is 8.64. The average Bonchev–Trinajstić information content (AvgIpc) is 2.82. The van der Waals surface area contributed by atoms with Gasteiger partial charge in [-0.05, 0) is 31.6 Å². The summed E-state index contributed by atoms with van der Waals surface area (Å²) in [6.07, 6.45) is -0.869. The summed E-state index contributed by atoms with van der Waals surface area (Å²) in [5, 5.41) is 70.9. The van der Waals surface area contributed by atoms with Crippen molar-refractivity contribution in [2.45, 2.75) is 100 Å². The summed E-state index contributed by atoms with van der Waals surface area (Å²) < 4.78 is 6.12. The molecule has 6 bridgehead atoms. The molecule has 6 fully saturated rings. The largest absolute Gasteiger partial charge is 0.390 e. The van der Waals surface area contributed by atoms with Crippen LogP contribution in [0.5, 0.6) is 0 Å². The molecule has 6 N–H and O–H groups in total. The second-order valence-corrected chi connectivity index (χ2v) is 10.9. The quantitative estimate of drug-likeness (QED) is 0.364. The molecule has 0 aromatic carbocycles. The first-order valence-electron chi connectivity index (χ1n) is 10.1. The number of hydrogen-bond donors (Lipinski definition) is 6. The Morgan fingerprint density at radius 1 is 0.963 bits per heavy atom. The number of ether oxygens (including phenoxy) is 1. The van der Waals surface area contributed by atoms with Crippen molar-refractivity contribution >= 4 is 0 Å². The Kier molecular flexibility index (Phi) is 2.86. The maximum absolute atomic E-state index is 12.3. The van der Waals surface area contributed by atoms with Crippen LogP contribution in [-0.2, 0) is 4.74 Å². The predicted molar refractivity (Wildman–Crippen MR) is 93.3 cm³/mol. The van der Waals surface area contributed by atoms with Crippen molar-refractivity contribution in [1.82, 2.24) is 0 Å². The van der Waals surface area contributed by atoms with E-state index in [1.165, 1.54) is 6.92 Å². The lowest BCUT2D eigenvalue weighted by atomic mass is 9.52. The van der Waals surface area contributed by atoms with Gasteiger partial charge in [-0.2, -0.15) is 0 Å². The van der Waals surface area contributed by atoms with Crippen molar-refractivity contribution in [3.05, 3.63) is 0 Å². The van der Waals surface area contributed by atoms with E-state index in [-0.39, 0.29) is 25.2 Å². The second-order valence-electron chi connectivity index (χ2n) is 10.9. The SMILES string of the molecule is CC(C)[C@@]1(O)C[C@@]2(O)[C@@]3(C)C[C@]4(O)O[C@@]5([C@@H](O)[C@@H](C)CC[C@]35O)[C@@]2(O)[C@]41C. The fraction of sp³-hybridized carbons (Fsp3) is 1.00. The average molecular weight is 384 g/mol. The molecule has 0 aromatic heterocycles. The van der Waals surface area contributed by atoms with Gasteiger partial charge < -0.3 is 35.4 Å². The van der Waals surface area contributed by atoms with E-state index in [1.807, 2.05) is 0 Å². The summed E-state index contributed by atoms with van der Waals surface area (Å²) in [6.45, 7) is 8.55. The zero-order chi connectivity index (χ0) is 20.3. The van der Waals surface area contributed by atoms with Crippen LogP contribution in [0.3, 0.4) is 0 Å². The molecule has 2 aliphatic heterocycles. The van der Waals surface area contributed by atoms with Gasteiger partial charge in [0.15, 0.2) is 11.4 Å². The van der Waals surface area contributed by atoms with Gasteiger partial charge >= 0.3 is 0 Å². The molecule has 0 unspecified atom stereocenters. The van der Waals surface area contributed by atoms with Gasteiger partial charge in [-0.25, -0.2) is 0 Å². The first-order chi connectivity index (χ1) is 12.1. The van der Waals surface area contributed by atoms with Gasteiger partial charge in [-0.1, -0.05) is 27.7 Å². The highest BCUT2D eigenvalue weighted by Crippen LogP contribution is 2.90. The summed E-state index contributed by atoms with van der Waals surface area (Å²) in [6, 6.07) is 0. The molecule has 7 heteroatoms. The third-order valence-corrected chi connectivity index (χ3v) is 10.3. The Morgan fingerprint density at radius 3 is 2.11 bits per heavy atom. The first kappa shape index (κ1) is 18.7. The zero-order valence-electron chi connectivity index (χ0n) is 16.7. The van der Waals surface area contributed by atoms with E-state index in [1.54, 1.807) is 27.7 Å². The molecule has 6 aliphatic rings. The number of aliphatic hydroxyl groups is 6. The third-order valence-electron chi connectivity index (χ3n) is 10.3. The molecule has 2 saturated heterocycles. The maximum Gasteiger partial charge on any atom is 0.178 e. The predicted octanol–water partition coefficient (Wildman–Crippen LogP) is -0.351. The Morgan fingerprint density at radius 2 is 1.56 bits per heavy atom. The van der Waals surface area contributed by atoms with Crippen molar-refractivity contribution in [2.75, 3.05) is 0 Å². The van der Waals surface area contributed by atoms with E-state index in [0.29, 0.717) is 6.42 Å². The lowest BCUT2D eigenvalue weighted by molar-refractivity contribution is -0.390. The first-order valence-corrected chi connectivity index (χ1v) is 10.1. The summed E-state index contributed by atoms with van der Waals surface area (Å²) in [5.41, 5.74) is -12.5. The van der Waals surface area contributed by atoms with E-state index < -0.39 is 56.6 Å². The van der Waals surface area contributed by atoms with E-state index >= 15 is 0 Å². The van der Waals surface area contributed by atoms with Crippen LogP contribution in [-0.4, -0.2) is 70.5 Å². The Bertz CT molecular complexity index is 759. The van der Waals surface area contributed by atoms with Gasteiger partial charge in [0.1, 0.15) is 16.8 Å². The molecular weight excluding hydrogens is 352 g/mol. The third kappa shape index (κ3) is 1.16. The normalized spacial score (nSPS) is 71.6. The van der Waals surface area contributed by atoms with Crippen molar-refractivity contribution in [3.63, 3.8) is 0 Å². The minimum atomic E-state index is -2.21. The lowest BCUT2D eigenvalue weighted by Gasteiger charge is -2.60. The standard InChI is InChI=1S/C20H32O7/c1-10(2)15(22)9-17(24)13(4)8-18(25)14(15,5)20(17,26)19(27-18)12(21)11(3)6-7-16(13,19)23/h10-12,21-26H,6-9H2,1-5H3/t11-,12-,13-,14-,15-,16-,17+,18-,19+,20+/m0/s1. The molecular formula is C20H32O7. The van der Waals surface area contributed by atoms with Crippen LogP contribution in [0.2, 0.25) is 0 Å². The second kappa shape index (κ2) is 4.13. The minimum Gasteiger partial charge on any atom is -0.390 e. The van der Waals surface area contributed by atoms with Crippen LogP contribution in [0.4, 0.5) is 0 Å². The topological polar surface area (TPSA) is 131 Å². The monoisotopic (exact) mass is 384 g/mol. The molecule has 10 atom stereocenters. The lowest BCUT2D eigenvalue weighted by Crippen LogP contribution is -2.75. The molecule has 0 radical (unpaired) electrons. The van der Waals surface area contributed by atoms with E-state index in [2.05, 4.69) is 0 Å². The van der Waals surface area contributed by atoms with Gasteiger partial charge in [0, 0.05) is 18.3 Å². The minimum absolute atomic E-state index is 0.121. The number of hydrogen-bond acceptors (Lipinski definition) is 7. The molecule has 154 valence electrons. The van der Waals surface area contributed by atoms with Gasteiger partial charge in [-0.15, -0.1) is 0 Å². The van der Waals surface area contributed by atoms with Crippen molar-refractivity contribution in [3.8, 4) is 0 Å². The molecule has 4 saturated carbocycles. The maximum atomic E-state index is 12.3. The van der Waals surface area contributed by atoms with Crippen LogP contribution in [0.25, 0.3) is 0 Å². The van der Waals surface area contributed by atoms with Gasteiger partial charge in [0.25, 0.3) is 0 Å². The molecule has 27 heavy (non-hydrogen) atoms. The Balaban J connectivity index is 1.94. The number of aliphatic hydroxyl groups excluding tert-OH is 1. The Hall–Kier alpha value is -0.280. The van der Waals surface area contributed by atoms with Gasteiger partial charge in [0.05, 0.1) is 17.1 Å². The highest BCUT2D eigenvalue weighted by Gasteiger charge is 3.07. The molecule has 7 nitrogen and oxygen atoms in total. The molecule has 0 aromatic rings. The summed E-state index contributed by atoms with van der Waals surface area (Å²) in [7, 11) is 0. The molecule has 2 heterocycles. The van der Waals surface area contributed by atoms with Crippen molar-refractivity contribution in [1.29, 1.82) is 0 Å². The van der Waals surface area contributed by atoms with Crippen LogP contribution in [0.15, 0.2) is 0 Å². The van der Waals surface area contributed by atoms with Crippen molar-refractivity contribution in [2.24, 2.45) is 22.7 Å². The highest BCUT2D eigenvalue weighted by molar-refractivity contribution is 5.54. The van der Waals surface area contributed by atoms with E-state index in [4.69, 9.17) is 4.74 Å². The highest BCUT2D eigenvalue weighted by atomic mass is 16.7. The molecule has 0 amide bonds.